The maximum Gasteiger partial charge on any atom is 0.243 e. The standard InChI is InChI=1S/C15H22N2O3S/c1-10-9-11(10)14(18)16-12-7-5-6-8-13(12)21(19,20)17-15(2,3)4/h5-8,10-11,17H,9H2,1-4H3,(H,16,18)/t10-,11-/m0/s1. The molecule has 2 N–H and O–H groups in total. The lowest BCUT2D eigenvalue weighted by molar-refractivity contribution is -0.117. The molecule has 5 nitrogen and oxygen atoms in total. The van der Waals surface area contributed by atoms with Crippen molar-refractivity contribution in [2.24, 2.45) is 11.8 Å². The highest BCUT2D eigenvalue weighted by atomic mass is 32.2. The van der Waals surface area contributed by atoms with Gasteiger partial charge in [0.25, 0.3) is 0 Å². The van der Waals surface area contributed by atoms with Crippen molar-refractivity contribution in [3.05, 3.63) is 24.3 Å². The summed E-state index contributed by atoms with van der Waals surface area (Å²) in [6.07, 6.45) is 0.862. The van der Waals surface area contributed by atoms with Crippen LogP contribution in [0.25, 0.3) is 0 Å². The first-order valence-electron chi connectivity index (χ1n) is 7.04. The number of amides is 1. The maximum atomic E-state index is 12.4. The van der Waals surface area contributed by atoms with Crippen LogP contribution in [0, 0.1) is 11.8 Å². The highest BCUT2D eigenvalue weighted by Crippen LogP contribution is 2.38. The van der Waals surface area contributed by atoms with Crippen LogP contribution in [0.15, 0.2) is 29.2 Å². The molecule has 6 heteroatoms. The van der Waals surface area contributed by atoms with Crippen molar-refractivity contribution in [2.45, 2.75) is 44.6 Å². The summed E-state index contributed by atoms with van der Waals surface area (Å²) in [5, 5.41) is 2.74. The summed E-state index contributed by atoms with van der Waals surface area (Å²) in [7, 11) is -3.68. The monoisotopic (exact) mass is 310 g/mol. The quantitative estimate of drug-likeness (QED) is 0.896. The van der Waals surface area contributed by atoms with Gasteiger partial charge in [-0.1, -0.05) is 19.1 Å². The average Bonchev–Trinajstić information content (AvgIpc) is 3.04. The zero-order chi connectivity index (χ0) is 15.8. The van der Waals surface area contributed by atoms with Crippen molar-refractivity contribution in [3.8, 4) is 0 Å². The minimum Gasteiger partial charge on any atom is -0.325 e. The number of hydrogen-bond acceptors (Lipinski definition) is 3. The Morgan fingerprint density at radius 1 is 1.24 bits per heavy atom. The fourth-order valence-corrected chi connectivity index (χ4v) is 3.76. The Morgan fingerprint density at radius 3 is 2.33 bits per heavy atom. The first-order valence-corrected chi connectivity index (χ1v) is 8.52. The Morgan fingerprint density at radius 2 is 1.81 bits per heavy atom. The molecule has 1 aliphatic carbocycles. The zero-order valence-corrected chi connectivity index (χ0v) is 13.6. The minimum absolute atomic E-state index is 0.00339. The molecular weight excluding hydrogens is 288 g/mol. The largest absolute Gasteiger partial charge is 0.325 e. The summed E-state index contributed by atoms with van der Waals surface area (Å²) < 4.78 is 27.5. The van der Waals surface area contributed by atoms with Crippen LogP contribution >= 0.6 is 0 Å². The maximum absolute atomic E-state index is 12.4. The summed E-state index contributed by atoms with van der Waals surface area (Å²) in [6, 6.07) is 6.47. The van der Waals surface area contributed by atoms with Crippen LogP contribution < -0.4 is 10.0 Å². The van der Waals surface area contributed by atoms with Crippen molar-refractivity contribution >= 4 is 21.6 Å². The molecule has 116 valence electrons. The predicted molar refractivity (Wildman–Crippen MR) is 82.4 cm³/mol. The van der Waals surface area contributed by atoms with E-state index < -0.39 is 15.6 Å². The van der Waals surface area contributed by atoms with Crippen LogP contribution in [-0.2, 0) is 14.8 Å². The number of anilines is 1. The number of nitrogens with one attached hydrogen (secondary N) is 2. The fourth-order valence-electron chi connectivity index (χ4n) is 2.18. The molecule has 0 aromatic heterocycles. The van der Waals surface area contributed by atoms with Gasteiger partial charge in [0.05, 0.1) is 5.69 Å². The molecule has 0 radical (unpaired) electrons. The van der Waals surface area contributed by atoms with Gasteiger partial charge in [0, 0.05) is 11.5 Å². The summed E-state index contributed by atoms with van der Waals surface area (Å²) in [5.41, 5.74) is -0.251. The van der Waals surface area contributed by atoms with Crippen LogP contribution in [0.5, 0.6) is 0 Å². The van der Waals surface area contributed by atoms with Crippen LogP contribution in [0.4, 0.5) is 5.69 Å². The van der Waals surface area contributed by atoms with Gasteiger partial charge in [-0.15, -0.1) is 0 Å². The molecule has 21 heavy (non-hydrogen) atoms. The molecule has 0 bridgehead atoms. The fraction of sp³-hybridized carbons (Fsp3) is 0.533. The Kier molecular flexibility index (Phi) is 4.13. The predicted octanol–water partition coefficient (Wildman–Crippen LogP) is 2.36. The molecule has 2 atom stereocenters. The van der Waals surface area contributed by atoms with Gasteiger partial charge in [-0.25, -0.2) is 13.1 Å². The summed E-state index contributed by atoms with van der Waals surface area (Å²) in [5.74, 6) is 0.263. The normalized spacial score (nSPS) is 21.9. The van der Waals surface area contributed by atoms with Crippen molar-refractivity contribution < 1.29 is 13.2 Å². The van der Waals surface area contributed by atoms with E-state index in [0.717, 1.165) is 6.42 Å². The number of carbonyl (C=O) groups is 1. The number of sulfonamides is 1. The van der Waals surface area contributed by atoms with E-state index >= 15 is 0 Å². The Labute approximate surface area is 126 Å². The second-order valence-electron chi connectivity index (χ2n) is 6.66. The molecule has 0 unspecified atom stereocenters. The molecule has 1 aromatic carbocycles. The van der Waals surface area contributed by atoms with Gasteiger partial charge in [0.2, 0.25) is 15.9 Å². The SMILES string of the molecule is C[C@H]1C[C@@H]1C(=O)Nc1ccccc1S(=O)(=O)NC(C)(C)C. The molecule has 0 aliphatic heterocycles. The van der Waals surface area contributed by atoms with E-state index in [2.05, 4.69) is 10.0 Å². The van der Waals surface area contributed by atoms with Crippen LogP contribution in [-0.4, -0.2) is 19.9 Å². The highest BCUT2D eigenvalue weighted by molar-refractivity contribution is 7.89. The smallest absolute Gasteiger partial charge is 0.243 e. The van der Waals surface area contributed by atoms with E-state index in [1.54, 1.807) is 39.0 Å². The first-order chi connectivity index (χ1) is 9.60. The lowest BCUT2D eigenvalue weighted by atomic mass is 10.1. The number of carbonyl (C=O) groups excluding carboxylic acids is 1. The molecule has 0 spiro atoms. The molecule has 1 saturated carbocycles. The topological polar surface area (TPSA) is 75.3 Å². The third-order valence-electron chi connectivity index (χ3n) is 3.32. The van der Waals surface area contributed by atoms with E-state index in [1.165, 1.54) is 6.07 Å². The third kappa shape index (κ3) is 4.04. The molecule has 2 rings (SSSR count). The molecular formula is C15H22N2O3S. The Hall–Kier alpha value is -1.40. The minimum atomic E-state index is -3.68. The van der Waals surface area contributed by atoms with Crippen molar-refractivity contribution in [1.29, 1.82) is 0 Å². The molecule has 1 amide bonds. The van der Waals surface area contributed by atoms with Crippen molar-refractivity contribution in [2.75, 3.05) is 5.32 Å². The molecule has 1 aliphatic rings. The number of para-hydroxylation sites is 1. The lowest BCUT2D eigenvalue weighted by Gasteiger charge is -2.21. The molecule has 1 fully saturated rings. The summed E-state index contributed by atoms with van der Waals surface area (Å²) in [4.78, 5) is 12.1. The van der Waals surface area contributed by atoms with Gasteiger partial charge in [0.15, 0.2) is 0 Å². The van der Waals surface area contributed by atoms with E-state index in [-0.39, 0.29) is 16.7 Å². The van der Waals surface area contributed by atoms with Gasteiger partial charge in [-0.3, -0.25) is 4.79 Å². The van der Waals surface area contributed by atoms with E-state index in [1.807, 2.05) is 6.92 Å². The van der Waals surface area contributed by atoms with E-state index in [9.17, 15) is 13.2 Å². The van der Waals surface area contributed by atoms with E-state index in [0.29, 0.717) is 11.6 Å². The molecule has 0 saturated heterocycles. The zero-order valence-electron chi connectivity index (χ0n) is 12.8. The van der Waals surface area contributed by atoms with Crippen LogP contribution in [0.3, 0.4) is 0 Å². The molecule has 1 aromatic rings. The third-order valence-corrected chi connectivity index (χ3v) is 5.14. The number of hydrogen-bond donors (Lipinski definition) is 2. The summed E-state index contributed by atoms with van der Waals surface area (Å²) in [6.45, 7) is 7.33. The van der Waals surface area contributed by atoms with Gasteiger partial charge in [-0.2, -0.15) is 0 Å². The lowest BCUT2D eigenvalue weighted by Crippen LogP contribution is -2.40. The summed E-state index contributed by atoms with van der Waals surface area (Å²) >= 11 is 0. The van der Waals surface area contributed by atoms with E-state index in [4.69, 9.17) is 0 Å². The first kappa shape index (κ1) is 16.0. The van der Waals surface area contributed by atoms with Gasteiger partial charge in [-0.05, 0) is 45.2 Å². The van der Waals surface area contributed by atoms with Gasteiger partial charge in [0.1, 0.15) is 4.90 Å². The molecule has 0 heterocycles. The average molecular weight is 310 g/mol. The van der Waals surface area contributed by atoms with Crippen LogP contribution in [0.1, 0.15) is 34.1 Å². The van der Waals surface area contributed by atoms with Crippen molar-refractivity contribution in [1.82, 2.24) is 4.72 Å². The number of benzene rings is 1. The van der Waals surface area contributed by atoms with Gasteiger partial charge < -0.3 is 5.32 Å². The Bertz CT molecular complexity index is 647. The second kappa shape index (κ2) is 5.42. The van der Waals surface area contributed by atoms with Crippen LogP contribution in [0.2, 0.25) is 0 Å². The second-order valence-corrected chi connectivity index (χ2v) is 8.31. The Balaban J connectivity index is 2.26. The van der Waals surface area contributed by atoms with Crippen molar-refractivity contribution in [3.63, 3.8) is 0 Å². The number of rotatable bonds is 4. The van der Waals surface area contributed by atoms with Gasteiger partial charge >= 0.3 is 0 Å². The highest BCUT2D eigenvalue weighted by Gasteiger charge is 2.39.